The first-order chi connectivity index (χ1) is 8.49. The summed E-state index contributed by atoms with van der Waals surface area (Å²) in [7, 11) is 0. The second kappa shape index (κ2) is 5.09. The van der Waals surface area contributed by atoms with Crippen molar-refractivity contribution >= 4 is 11.6 Å². The normalized spacial score (nSPS) is 12.5. The van der Waals surface area contributed by atoms with E-state index in [1.165, 1.54) is 12.1 Å². The van der Waals surface area contributed by atoms with Gasteiger partial charge in [-0.25, -0.2) is 4.39 Å². The van der Waals surface area contributed by atoms with Gasteiger partial charge < -0.3 is 5.11 Å². The molecule has 18 heavy (non-hydrogen) atoms. The molecule has 1 nitrogen and oxygen atoms in total. The molecule has 0 saturated heterocycles. The van der Waals surface area contributed by atoms with Crippen LogP contribution in [-0.2, 0) is 0 Å². The van der Waals surface area contributed by atoms with E-state index in [1.807, 2.05) is 6.92 Å². The van der Waals surface area contributed by atoms with Gasteiger partial charge in [0.15, 0.2) is 0 Å². The first-order valence-corrected chi connectivity index (χ1v) is 6.07. The number of aliphatic hydroxyl groups is 1. The number of halogens is 2. The van der Waals surface area contributed by atoms with Crippen LogP contribution in [0.15, 0.2) is 36.4 Å². The zero-order valence-corrected chi connectivity index (χ0v) is 11.0. The van der Waals surface area contributed by atoms with E-state index in [0.29, 0.717) is 16.1 Å². The van der Waals surface area contributed by atoms with Crippen LogP contribution in [0.3, 0.4) is 0 Å². The molecule has 0 radical (unpaired) electrons. The summed E-state index contributed by atoms with van der Waals surface area (Å²) in [6.45, 7) is 3.64. The predicted octanol–water partition coefficient (Wildman–Crippen LogP) is 4.18. The molecule has 0 aliphatic rings. The second-order valence-electron chi connectivity index (χ2n) is 4.42. The van der Waals surface area contributed by atoms with Crippen LogP contribution < -0.4 is 0 Å². The summed E-state index contributed by atoms with van der Waals surface area (Å²) in [5.74, 6) is -0.344. The molecular formula is C15H14ClFO. The molecule has 0 bridgehead atoms. The van der Waals surface area contributed by atoms with E-state index in [-0.39, 0.29) is 5.82 Å². The lowest BCUT2D eigenvalue weighted by Crippen LogP contribution is -2.03. The molecule has 0 saturated carbocycles. The maximum Gasteiger partial charge on any atom is 0.123 e. The number of benzene rings is 2. The average molecular weight is 265 g/mol. The van der Waals surface area contributed by atoms with Gasteiger partial charge in [-0.05, 0) is 54.3 Å². The van der Waals surface area contributed by atoms with Gasteiger partial charge in [-0.2, -0.15) is 0 Å². The van der Waals surface area contributed by atoms with Crippen molar-refractivity contribution in [2.45, 2.75) is 20.0 Å². The Kier molecular flexibility index (Phi) is 3.69. The van der Waals surface area contributed by atoms with Gasteiger partial charge in [-0.15, -0.1) is 0 Å². The standard InChI is InChI=1S/C15H14ClFO/c1-9-6-11(8-12(17)7-9)15(18)13-4-3-5-14(16)10(13)2/h3-8,15,18H,1-2H3. The van der Waals surface area contributed by atoms with Gasteiger partial charge in [-0.1, -0.05) is 29.8 Å². The average Bonchev–Trinajstić information content (AvgIpc) is 2.30. The molecule has 1 unspecified atom stereocenters. The quantitative estimate of drug-likeness (QED) is 0.863. The molecule has 0 amide bonds. The van der Waals surface area contributed by atoms with E-state index in [4.69, 9.17) is 11.6 Å². The van der Waals surface area contributed by atoms with Gasteiger partial charge in [0.1, 0.15) is 11.9 Å². The van der Waals surface area contributed by atoms with Gasteiger partial charge >= 0.3 is 0 Å². The van der Waals surface area contributed by atoms with E-state index < -0.39 is 6.10 Å². The summed E-state index contributed by atoms with van der Waals surface area (Å²) in [6.07, 6.45) is -0.863. The van der Waals surface area contributed by atoms with Crippen molar-refractivity contribution in [1.29, 1.82) is 0 Å². The summed E-state index contributed by atoms with van der Waals surface area (Å²) in [4.78, 5) is 0. The van der Waals surface area contributed by atoms with Crippen LogP contribution in [0.4, 0.5) is 4.39 Å². The van der Waals surface area contributed by atoms with Gasteiger partial charge in [0.05, 0.1) is 0 Å². The van der Waals surface area contributed by atoms with Crippen LogP contribution in [0.2, 0.25) is 5.02 Å². The maximum atomic E-state index is 13.3. The first kappa shape index (κ1) is 13.1. The third kappa shape index (κ3) is 2.55. The minimum absolute atomic E-state index is 0.344. The number of hydrogen-bond donors (Lipinski definition) is 1. The number of rotatable bonds is 2. The molecule has 0 aromatic heterocycles. The van der Waals surface area contributed by atoms with Crippen LogP contribution in [0.25, 0.3) is 0 Å². The Morgan fingerprint density at radius 3 is 2.56 bits per heavy atom. The van der Waals surface area contributed by atoms with E-state index >= 15 is 0 Å². The zero-order chi connectivity index (χ0) is 13.3. The lowest BCUT2D eigenvalue weighted by molar-refractivity contribution is 0.219. The van der Waals surface area contributed by atoms with Crippen LogP contribution in [-0.4, -0.2) is 5.11 Å². The van der Waals surface area contributed by atoms with E-state index in [0.717, 1.165) is 11.1 Å². The highest BCUT2D eigenvalue weighted by atomic mass is 35.5. The molecule has 1 atom stereocenters. The molecule has 0 heterocycles. The van der Waals surface area contributed by atoms with E-state index in [2.05, 4.69) is 0 Å². The molecule has 1 N–H and O–H groups in total. The highest BCUT2D eigenvalue weighted by Crippen LogP contribution is 2.29. The first-order valence-electron chi connectivity index (χ1n) is 5.69. The van der Waals surface area contributed by atoms with Gasteiger partial charge in [-0.3, -0.25) is 0 Å². The van der Waals surface area contributed by atoms with E-state index in [1.54, 1.807) is 31.2 Å². The van der Waals surface area contributed by atoms with Crippen molar-refractivity contribution in [2.24, 2.45) is 0 Å². The van der Waals surface area contributed by atoms with Crippen molar-refractivity contribution in [2.75, 3.05) is 0 Å². The summed E-state index contributed by atoms with van der Waals surface area (Å²) < 4.78 is 13.3. The second-order valence-corrected chi connectivity index (χ2v) is 4.83. The molecule has 3 heteroatoms. The van der Waals surface area contributed by atoms with Gasteiger partial charge in [0.2, 0.25) is 0 Å². The predicted molar refractivity (Wildman–Crippen MR) is 71.4 cm³/mol. The Bertz CT molecular complexity index is 560. The summed E-state index contributed by atoms with van der Waals surface area (Å²) in [5, 5.41) is 10.9. The van der Waals surface area contributed by atoms with Crippen molar-refractivity contribution in [3.63, 3.8) is 0 Å². The van der Waals surface area contributed by atoms with Crippen molar-refractivity contribution in [3.8, 4) is 0 Å². The third-order valence-corrected chi connectivity index (χ3v) is 3.39. The van der Waals surface area contributed by atoms with Crippen LogP contribution in [0.1, 0.15) is 28.4 Å². The zero-order valence-electron chi connectivity index (χ0n) is 10.2. The van der Waals surface area contributed by atoms with Crippen molar-refractivity contribution in [3.05, 3.63) is 69.5 Å². The largest absolute Gasteiger partial charge is 0.384 e. The third-order valence-electron chi connectivity index (χ3n) is 2.98. The highest BCUT2D eigenvalue weighted by molar-refractivity contribution is 6.31. The number of hydrogen-bond acceptors (Lipinski definition) is 1. The molecule has 0 spiro atoms. The smallest absolute Gasteiger partial charge is 0.123 e. The maximum absolute atomic E-state index is 13.3. The molecule has 2 aromatic carbocycles. The van der Waals surface area contributed by atoms with Crippen LogP contribution in [0.5, 0.6) is 0 Å². The molecule has 94 valence electrons. The Morgan fingerprint density at radius 2 is 1.89 bits per heavy atom. The highest BCUT2D eigenvalue weighted by Gasteiger charge is 2.15. The summed E-state index contributed by atoms with van der Waals surface area (Å²) in [5.41, 5.74) is 2.84. The Morgan fingerprint density at radius 1 is 1.17 bits per heavy atom. The molecular weight excluding hydrogens is 251 g/mol. The number of aliphatic hydroxyl groups excluding tert-OH is 1. The minimum Gasteiger partial charge on any atom is -0.384 e. The topological polar surface area (TPSA) is 20.2 Å². The lowest BCUT2D eigenvalue weighted by atomic mass is 9.96. The fourth-order valence-corrected chi connectivity index (χ4v) is 2.20. The van der Waals surface area contributed by atoms with Crippen molar-refractivity contribution < 1.29 is 9.50 Å². The Labute approximate surface area is 111 Å². The Hall–Kier alpha value is -1.38. The Balaban J connectivity index is 2.47. The minimum atomic E-state index is -0.863. The van der Waals surface area contributed by atoms with Crippen LogP contribution in [0, 0.1) is 19.7 Å². The monoisotopic (exact) mass is 264 g/mol. The van der Waals surface area contributed by atoms with Crippen molar-refractivity contribution in [1.82, 2.24) is 0 Å². The molecule has 2 aromatic rings. The molecule has 0 aliphatic heterocycles. The fraction of sp³-hybridized carbons (Fsp3) is 0.200. The molecule has 2 rings (SSSR count). The van der Waals surface area contributed by atoms with Crippen LogP contribution >= 0.6 is 11.6 Å². The summed E-state index contributed by atoms with van der Waals surface area (Å²) in [6, 6.07) is 9.89. The lowest BCUT2D eigenvalue weighted by Gasteiger charge is -2.15. The van der Waals surface area contributed by atoms with Gasteiger partial charge in [0.25, 0.3) is 0 Å². The van der Waals surface area contributed by atoms with Gasteiger partial charge in [0, 0.05) is 5.02 Å². The molecule has 0 aliphatic carbocycles. The molecule has 0 fully saturated rings. The summed E-state index contributed by atoms with van der Waals surface area (Å²) >= 11 is 6.02. The number of aryl methyl sites for hydroxylation is 1. The SMILES string of the molecule is Cc1cc(F)cc(C(O)c2cccc(Cl)c2C)c1. The fourth-order valence-electron chi connectivity index (χ4n) is 2.02. The van der Waals surface area contributed by atoms with E-state index in [9.17, 15) is 9.50 Å².